The molecule has 0 N–H and O–H groups in total. The summed E-state index contributed by atoms with van der Waals surface area (Å²) < 4.78 is 45.0. The summed E-state index contributed by atoms with van der Waals surface area (Å²) in [5.74, 6) is 8.73. The van der Waals surface area contributed by atoms with E-state index in [0.717, 1.165) is 25.7 Å². The molecule has 0 rings (SSSR count). The second-order valence-electron chi connectivity index (χ2n) is 2.48. The first-order valence-electron chi connectivity index (χ1n) is 5.78. The Morgan fingerprint density at radius 1 is 0.769 bits per heavy atom. The Hall–Kier alpha value is -0.897. The second-order valence-corrected chi connectivity index (χ2v) is 3.88. The summed E-state index contributed by atoms with van der Waals surface area (Å²) in [5.41, 5.74) is 0. The van der Waals surface area contributed by atoms with E-state index in [1.54, 1.807) is 0 Å². The molecule has 9 heteroatoms. The van der Waals surface area contributed by atoms with Gasteiger partial charge < -0.3 is 0 Å². The van der Waals surface area contributed by atoms with E-state index in [2.05, 4.69) is 65.2 Å². The zero-order valence-electron chi connectivity index (χ0n) is 14.1. The van der Waals surface area contributed by atoms with Crippen molar-refractivity contribution in [3.05, 3.63) is 52.6 Å². The summed E-state index contributed by atoms with van der Waals surface area (Å²) in [6.07, 6.45) is 6.29. The van der Waals surface area contributed by atoms with E-state index >= 15 is 0 Å². The van der Waals surface area contributed by atoms with Gasteiger partial charge in [-0.25, -0.2) is 0 Å². The van der Waals surface area contributed by atoms with Crippen LogP contribution in [0.15, 0.2) is 12.7 Å². The molecule has 0 spiro atoms. The molecule has 0 atom stereocenters. The average molecular weight is 468 g/mol. The van der Waals surface area contributed by atoms with E-state index in [9.17, 15) is 0 Å². The van der Waals surface area contributed by atoms with Crippen LogP contribution in [0, 0.1) is 51.7 Å². The number of hydrogen-bond donors (Lipinski definition) is 0. The van der Waals surface area contributed by atoms with Gasteiger partial charge >= 0.3 is 67.8 Å². The van der Waals surface area contributed by atoms with Crippen molar-refractivity contribution in [2.24, 2.45) is 0 Å². The third kappa shape index (κ3) is 172. The first kappa shape index (κ1) is 56.2. The van der Waals surface area contributed by atoms with Crippen molar-refractivity contribution in [3.8, 4) is 11.8 Å². The van der Waals surface area contributed by atoms with Gasteiger partial charge in [-0.05, 0) is 18.6 Å². The zero-order valence-corrected chi connectivity index (χ0v) is 17.0. The molecule has 0 bridgehead atoms. The molecular weight excluding hydrogens is 450 g/mol. The zero-order chi connectivity index (χ0) is 21.1. The molecule has 0 aromatic carbocycles. The number of rotatable bonds is 6. The number of unbranched alkanes of at least 4 members (excludes halogenated alkanes) is 2. The minimum absolute atomic E-state index is 0. The molecule has 2 radical (unpaired) electrons. The van der Waals surface area contributed by atoms with Gasteiger partial charge in [-0.1, -0.05) is 13.0 Å². The van der Waals surface area contributed by atoms with E-state index in [1.807, 2.05) is 17.8 Å². The third-order valence-corrected chi connectivity index (χ3v) is 2.31. The Labute approximate surface area is 181 Å². The number of allylic oxidation sites excluding steroid dienone is 1. The molecule has 0 aliphatic heterocycles. The smallest absolute Gasteiger partial charge is 0 e. The van der Waals surface area contributed by atoms with Crippen molar-refractivity contribution in [1.29, 1.82) is 0 Å². The van der Waals surface area contributed by atoms with Crippen LogP contribution >= 0.6 is 11.8 Å². The van der Waals surface area contributed by atoms with E-state index in [0.29, 0.717) is 0 Å². The monoisotopic (exact) mass is 468 g/mol. The molecule has 146 valence electrons. The minimum Gasteiger partial charge on any atom is 0 e. The van der Waals surface area contributed by atoms with Crippen molar-refractivity contribution in [1.82, 2.24) is 0 Å². The standard InChI is InChI=1S/C11H18S.6CO.2Co/c1-3-5-6-7-8-9-10-11-12-4-2;6*1-2;;/h3H,1,4-7,10-11H2,2H3;;;;;;;;. The van der Waals surface area contributed by atoms with Gasteiger partial charge in [-0.2, -0.15) is 11.8 Å². The molecule has 0 amide bonds. The Morgan fingerprint density at radius 2 is 1.12 bits per heavy atom. The normalized spacial score (nSPS) is 4.50. The molecule has 6 nitrogen and oxygen atoms in total. The fourth-order valence-corrected chi connectivity index (χ4v) is 1.31. The molecule has 26 heavy (non-hydrogen) atoms. The van der Waals surface area contributed by atoms with Crippen LogP contribution in [0.5, 0.6) is 0 Å². The van der Waals surface area contributed by atoms with Gasteiger partial charge in [0.25, 0.3) is 0 Å². The molecule has 0 aromatic heterocycles. The van der Waals surface area contributed by atoms with Gasteiger partial charge in [0.05, 0.1) is 0 Å². The third-order valence-electron chi connectivity index (χ3n) is 1.41. The van der Waals surface area contributed by atoms with Crippen LogP contribution in [0.3, 0.4) is 0 Å². The number of hydrogen-bond acceptors (Lipinski definition) is 1. The summed E-state index contributed by atoms with van der Waals surface area (Å²) in [4.78, 5) is 0. The quantitative estimate of drug-likeness (QED) is 0.192. The van der Waals surface area contributed by atoms with E-state index in [1.165, 1.54) is 11.5 Å². The van der Waals surface area contributed by atoms with Crippen LogP contribution < -0.4 is 0 Å². The van der Waals surface area contributed by atoms with E-state index in [4.69, 9.17) is 27.9 Å². The summed E-state index contributed by atoms with van der Waals surface area (Å²) in [6, 6.07) is 0. The van der Waals surface area contributed by atoms with Gasteiger partial charge in [0.1, 0.15) is 0 Å². The maximum atomic E-state index is 7.50. The van der Waals surface area contributed by atoms with Crippen LogP contribution in [-0.2, 0) is 61.5 Å². The minimum atomic E-state index is 0. The van der Waals surface area contributed by atoms with Crippen LogP contribution in [0.4, 0.5) is 0 Å². The van der Waals surface area contributed by atoms with Crippen LogP contribution in [0.1, 0.15) is 32.6 Å². The molecule has 0 unspecified atom stereocenters. The first-order chi connectivity index (χ1) is 11.9. The molecule has 0 aromatic rings. The van der Waals surface area contributed by atoms with Crippen molar-refractivity contribution in [3.63, 3.8) is 0 Å². The molecule has 0 aliphatic carbocycles. The Kier molecular flexibility index (Phi) is 336. The molecular formula is C17H18Co2O6S. The van der Waals surface area contributed by atoms with E-state index in [-0.39, 0.29) is 33.6 Å². The van der Waals surface area contributed by atoms with Crippen molar-refractivity contribution in [2.75, 3.05) is 11.5 Å². The van der Waals surface area contributed by atoms with Gasteiger partial charge in [0.15, 0.2) is 0 Å². The van der Waals surface area contributed by atoms with Crippen molar-refractivity contribution in [2.45, 2.75) is 32.6 Å². The fraction of sp³-hybridized carbons (Fsp3) is 0.412. The largest absolute Gasteiger partial charge is 0 e. The second kappa shape index (κ2) is 155. The summed E-state index contributed by atoms with van der Waals surface area (Å²) in [5, 5.41) is 0. The predicted molar refractivity (Wildman–Crippen MR) is 83.0 cm³/mol. The SMILES string of the molecule is C=CCCCC#CCCSCC.[C-]#[O+].[C-]#[O+].[C-]#[O+].[C-]#[O+].[C-]#[O+].[C-]#[O+].[Co].[Co]. The maximum absolute atomic E-state index is 7.50. The van der Waals surface area contributed by atoms with Gasteiger partial charge in [0, 0.05) is 52.2 Å². The molecule has 0 saturated carbocycles. The predicted octanol–water partition coefficient (Wildman–Crippen LogP) is 3.26. The van der Waals surface area contributed by atoms with Gasteiger partial charge in [0.2, 0.25) is 0 Å². The van der Waals surface area contributed by atoms with Crippen LogP contribution in [0.2, 0.25) is 0 Å². The average Bonchev–Trinajstić information content (AvgIpc) is 2.73. The summed E-state index contributed by atoms with van der Waals surface area (Å²) >= 11 is 1.96. The Bertz CT molecular complexity index is 329. The topological polar surface area (TPSA) is 119 Å². The summed E-state index contributed by atoms with van der Waals surface area (Å²) in [6.45, 7) is 32.9. The van der Waals surface area contributed by atoms with Crippen LogP contribution in [0.25, 0.3) is 0 Å². The molecule has 0 fully saturated rings. The van der Waals surface area contributed by atoms with E-state index < -0.39 is 0 Å². The van der Waals surface area contributed by atoms with Crippen molar-refractivity contribution >= 4 is 11.8 Å². The summed E-state index contributed by atoms with van der Waals surface area (Å²) in [7, 11) is 0. The molecule has 0 heterocycles. The number of thioether (sulfide) groups is 1. The first-order valence-corrected chi connectivity index (χ1v) is 6.94. The molecule has 0 aliphatic rings. The maximum Gasteiger partial charge on any atom is 0 e. The Morgan fingerprint density at radius 3 is 1.42 bits per heavy atom. The van der Waals surface area contributed by atoms with Crippen molar-refractivity contribution < 1.29 is 61.5 Å². The molecule has 0 saturated heterocycles. The van der Waals surface area contributed by atoms with Gasteiger partial charge in [-0.3, -0.25) is 0 Å². The Balaban J connectivity index is -0.0000000252. The fourth-order valence-electron chi connectivity index (χ4n) is 0.779. The van der Waals surface area contributed by atoms with Crippen LogP contribution in [-0.4, -0.2) is 11.5 Å². The van der Waals surface area contributed by atoms with Gasteiger partial charge in [-0.15, -0.1) is 18.4 Å².